The SMILES string of the molecule is CN(C)C(=O)c1ccccc1NC(=O)CCCC(=O)O. The molecule has 1 aromatic rings. The highest BCUT2D eigenvalue weighted by Crippen LogP contribution is 2.17. The quantitative estimate of drug-likeness (QED) is 0.827. The third kappa shape index (κ3) is 4.72. The van der Waals surface area contributed by atoms with E-state index >= 15 is 0 Å². The van der Waals surface area contributed by atoms with Gasteiger partial charge in [0.1, 0.15) is 0 Å². The van der Waals surface area contributed by atoms with E-state index in [4.69, 9.17) is 5.11 Å². The van der Waals surface area contributed by atoms with Crippen LogP contribution in [-0.4, -0.2) is 41.9 Å². The number of para-hydroxylation sites is 1. The normalized spacial score (nSPS) is 9.90. The van der Waals surface area contributed by atoms with Crippen molar-refractivity contribution in [1.29, 1.82) is 0 Å². The number of carbonyl (C=O) groups excluding carboxylic acids is 2. The molecule has 0 aromatic heterocycles. The molecule has 0 heterocycles. The van der Waals surface area contributed by atoms with Crippen LogP contribution in [0.4, 0.5) is 5.69 Å². The zero-order valence-corrected chi connectivity index (χ0v) is 11.5. The molecule has 2 amide bonds. The third-order valence-electron chi connectivity index (χ3n) is 2.63. The molecule has 0 aliphatic rings. The van der Waals surface area contributed by atoms with Gasteiger partial charge in [0.25, 0.3) is 5.91 Å². The van der Waals surface area contributed by atoms with Crippen molar-refractivity contribution in [3.05, 3.63) is 29.8 Å². The van der Waals surface area contributed by atoms with E-state index in [1.54, 1.807) is 38.4 Å². The zero-order valence-electron chi connectivity index (χ0n) is 11.5. The van der Waals surface area contributed by atoms with Gasteiger partial charge in [0.15, 0.2) is 0 Å². The predicted octanol–water partition coefficient (Wildman–Crippen LogP) is 1.58. The number of carboxylic acids is 1. The first-order chi connectivity index (χ1) is 9.41. The summed E-state index contributed by atoms with van der Waals surface area (Å²) in [7, 11) is 3.27. The van der Waals surface area contributed by atoms with Crippen molar-refractivity contribution in [3.63, 3.8) is 0 Å². The van der Waals surface area contributed by atoms with E-state index < -0.39 is 5.97 Å². The fraction of sp³-hybridized carbons (Fsp3) is 0.357. The average molecular weight is 278 g/mol. The first-order valence-corrected chi connectivity index (χ1v) is 6.24. The number of amides is 2. The van der Waals surface area contributed by atoms with Gasteiger partial charge in [-0.2, -0.15) is 0 Å². The summed E-state index contributed by atoms with van der Waals surface area (Å²) in [5.41, 5.74) is 0.843. The molecular weight excluding hydrogens is 260 g/mol. The fourth-order valence-electron chi connectivity index (χ4n) is 1.63. The first-order valence-electron chi connectivity index (χ1n) is 6.24. The van der Waals surface area contributed by atoms with Gasteiger partial charge in [-0.25, -0.2) is 0 Å². The molecule has 0 fully saturated rings. The summed E-state index contributed by atoms with van der Waals surface area (Å²) in [6.45, 7) is 0. The van der Waals surface area contributed by atoms with Gasteiger partial charge in [0, 0.05) is 26.9 Å². The van der Waals surface area contributed by atoms with Crippen molar-refractivity contribution in [3.8, 4) is 0 Å². The van der Waals surface area contributed by atoms with E-state index in [1.165, 1.54) is 4.90 Å². The molecule has 1 rings (SSSR count). The summed E-state index contributed by atoms with van der Waals surface area (Å²) in [6.07, 6.45) is 0.327. The van der Waals surface area contributed by atoms with Crippen molar-refractivity contribution < 1.29 is 19.5 Å². The summed E-state index contributed by atoms with van der Waals surface area (Å²) in [5, 5.41) is 11.2. The molecule has 0 saturated heterocycles. The summed E-state index contributed by atoms with van der Waals surface area (Å²) < 4.78 is 0. The number of anilines is 1. The lowest BCUT2D eigenvalue weighted by Crippen LogP contribution is -2.24. The summed E-state index contributed by atoms with van der Waals surface area (Å²) in [6, 6.07) is 6.72. The molecule has 0 atom stereocenters. The van der Waals surface area contributed by atoms with Gasteiger partial charge in [0.2, 0.25) is 5.91 Å². The van der Waals surface area contributed by atoms with Crippen LogP contribution in [0.25, 0.3) is 0 Å². The van der Waals surface area contributed by atoms with Gasteiger partial charge in [-0.05, 0) is 18.6 Å². The Bertz CT molecular complexity index is 512. The monoisotopic (exact) mass is 278 g/mol. The summed E-state index contributed by atoms with van der Waals surface area (Å²) >= 11 is 0. The molecule has 0 radical (unpaired) electrons. The Balaban J connectivity index is 2.70. The van der Waals surface area contributed by atoms with E-state index in [0.717, 1.165) is 0 Å². The fourth-order valence-corrected chi connectivity index (χ4v) is 1.63. The molecule has 2 N–H and O–H groups in total. The van der Waals surface area contributed by atoms with Gasteiger partial charge in [-0.3, -0.25) is 14.4 Å². The molecule has 0 unspecified atom stereocenters. The van der Waals surface area contributed by atoms with Crippen molar-refractivity contribution in [2.75, 3.05) is 19.4 Å². The predicted molar refractivity (Wildman–Crippen MR) is 74.6 cm³/mol. The molecule has 6 nitrogen and oxygen atoms in total. The Morgan fingerprint density at radius 1 is 1.15 bits per heavy atom. The lowest BCUT2D eigenvalue weighted by Gasteiger charge is -2.14. The first kappa shape index (κ1) is 15.7. The second-order valence-corrected chi connectivity index (χ2v) is 4.54. The Morgan fingerprint density at radius 3 is 2.40 bits per heavy atom. The topological polar surface area (TPSA) is 86.7 Å². The molecule has 0 spiro atoms. The van der Waals surface area contributed by atoms with E-state index in [0.29, 0.717) is 11.3 Å². The highest BCUT2D eigenvalue weighted by Gasteiger charge is 2.14. The van der Waals surface area contributed by atoms with Gasteiger partial charge in [-0.15, -0.1) is 0 Å². The molecule has 1 aromatic carbocycles. The number of hydrogen-bond donors (Lipinski definition) is 2. The van der Waals surface area contributed by atoms with Crippen LogP contribution in [0.5, 0.6) is 0 Å². The van der Waals surface area contributed by atoms with Crippen LogP contribution in [0.3, 0.4) is 0 Å². The number of aliphatic carboxylic acids is 1. The summed E-state index contributed by atoms with van der Waals surface area (Å²) in [5.74, 6) is -1.43. The van der Waals surface area contributed by atoms with E-state index in [1.807, 2.05) is 0 Å². The molecule has 0 aliphatic carbocycles. The number of benzene rings is 1. The van der Waals surface area contributed by atoms with Crippen molar-refractivity contribution in [1.82, 2.24) is 4.90 Å². The summed E-state index contributed by atoms with van der Waals surface area (Å²) in [4.78, 5) is 35.5. The zero-order chi connectivity index (χ0) is 15.1. The minimum atomic E-state index is -0.930. The Labute approximate surface area is 117 Å². The average Bonchev–Trinajstić information content (AvgIpc) is 2.38. The van der Waals surface area contributed by atoms with E-state index in [9.17, 15) is 14.4 Å². The smallest absolute Gasteiger partial charge is 0.303 e. The Morgan fingerprint density at radius 2 is 1.80 bits per heavy atom. The van der Waals surface area contributed by atoms with Crippen LogP contribution in [-0.2, 0) is 9.59 Å². The van der Waals surface area contributed by atoms with Crippen LogP contribution in [0.2, 0.25) is 0 Å². The van der Waals surface area contributed by atoms with Gasteiger partial charge < -0.3 is 15.3 Å². The largest absolute Gasteiger partial charge is 0.481 e. The van der Waals surface area contributed by atoms with Gasteiger partial charge in [0.05, 0.1) is 11.3 Å². The number of carbonyl (C=O) groups is 3. The van der Waals surface area contributed by atoms with Crippen molar-refractivity contribution >= 4 is 23.5 Å². The maximum atomic E-state index is 11.9. The second-order valence-electron chi connectivity index (χ2n) is 4.54. The molecule has 108 valence electrons. The molecule has 0 aliphatic heterocycles. The highest BCUT2D eigenvalue weighted by molar-refractivity contribution is 6.03. The minimum absolute atomic E-state index is 0.0499. The number of hydrogen-bond acceptors (Lipinski definition) is 3. The molecule has 0 saturated carbocycles. The third-order valence-corrected chi connectivity index (χ3v) is 2.63. The number of nitrogens with zero attached hydrogens (tertiary/aromatic N) is 1. The Hall–Kier alpha value is -2.37. The highest BCUT2D eigenvalue weighted by atomic mass is 16.4. The number of nitrogens with one attached hydrogen (secondary N) is 1. The van der Waals surface area contributed by atoms with Crippen LogP contribution in [0.1, 0.15) is 29.6 Å². The van der Waals surface area contributed by atoms with Gasteiger partial charge >= 0.3 is 5.97 Å². The lowest BCUT2D eigenvalue weighted by atomic mass is 10.1. The van der Waals surface area contributed by atoms with Crippen LogP contribution < -0.4 is 5.32 Å². The second kappa shape index (κ2) is 7.28. The van der Waals surface area contributed by atoms with Crippen LogP contribution in [0, 0.1) is 0 Å². The van der Waals surface area contributed by atoms with Crippen LogP contribution in [0.15, 0.2) is 24.3 Å². The van der Waals surface area contributed by atoms with Crippen molar-refractivity contribution in [2.24, 2.45) is 0 Å². The maximum Gasteiger partial charge on any atom is 0.303 e. The standard InChI is InChI=1S/C14H18N2O4/c1-16(2)14(20)10-6-3-4-7-11(10)15-12(17)8-5-9-13(18)19/h3-4,6-7H,5,8-9H2,1-2H3,(H,15,17)(H,18,19). The van der Waals surface area contributed by atoms with E-state index in [-0.39, 0.29) is 31.1 Å². The molecule has 0 bridgehead atoms. The molecule has 20 heavy (non-hydrogen) atoms. The molecule has 6 heteroatoms. The van der Waals surface area contributed by atoms with E-state index in [2.05, 4.69) is 5.32 Å². The van der Waals surface area contributed by atoms with Crippen LogP contribution >= 0.6 is 0 Å². The number of rotatable bonds is 6. The molecular formula is C14H18N2O4. The van der Waals surface area contributed by atoms with Crippen molar-refractivity contribution in [2.45, 2.75) is 19.3 Å². The van der Waals surface area contributed by atoms with Gasteiger partial charge in [-0.1, -0.05) is 12.1 Å². The Kier molecular flexibility index (Phi) is 5.71. The maximum absolute atomic E-state index is 11.9. The lowest BCUT2D eigenvalue weighted by molar-refractivity contribution is -0.137. The number of carboxylic acid groups (broad SMARTS) is 1. The minimum Gasteiger partial charge on any atom is -0.481 e.